The summed E-state index contributed by atoms with van der Waals surface area (Å²) in [4.78, 5) is 0. The smallest absolute Gasteiger partial charge is 0.128 e. The number of nitrogens with one attached hydrogen (secondary N) is 1. The van der Waals surface area contributed by atoms with E-state index < -0.39 is 0 Å². The molecule has 0 radical (unpaired) electrons. The molecule has 0 saturated carbocycles. The van der Waals surface area contributed by atoms with Crippen LogP contribution in [0, 0.1) is 5.82 Å². The number of hydrogen-bond donors (Lipinski definition) is 1. The molecule has 0 aromatic heterocycles. The summed E-state index contributed by atoms with van der Waals surface area (Å²) in [5, 5.41) is 3.29. The van der Waals surface area contributed by atoms with Crippen LogP contribution in [0.5, 0.6) is 0 Å². The summed E-state index contributed by atoms with van der Waals surface area (Å²) in [5.74, 6) is -0.230. The minimum atomic E-state index is -0.230. The van der Waals surface area contributed by atoms with E-state index in [4.69, 9.17) is 4.74 Å². The molecule has 0 aliphatic heterocycles. The molecule has 0 spiro atoms. The van der Waals surface area contributed by atoms with Crippen LogP contribution in [0.3, 0.4) is 0 Å². The van der Waals surface area contributed by atoms with Crippen molar-refractivity contribution in [3.05, 3.63) is 69.9 Å². The average molecular weight is 352 g/mol. The van der Waals surface area contributed by atoms with Gasteiger partial charge < -0.3 is 10.1 Å². The Labute approximate surface area is 133 Å². The second-order valence-electron chi connectivity index (χ2n) is 4.72. The van der Waals surface area contributed by atoms with Crippen molar-refractivity contribution >= 4 is 15.9 Å². The minimum Gasteiger partial charge on any atom is -0.367 e. The lowest BCUT2D eigenvalue weighted by Gasteiger charge is -2.20. The van der Waals surface area contributed by atoms with Gasteiger partial charge in [-0.1, -0.05) is 59.3 Å². The molecule has 0 heterocycles. The van der Waals surface area contributed by atoms with Gasteiger partial charge in [0.25, 0.3) is 0 Å². The van der Waals surface area contributed by atoms with Gasteiger partial charge in [0.15, 0.2) is 0 Å². The van der Waals surface area contributed by atoms with Crippen LogP contribution < -0.4 is 5.32 Å². The van der Waals surface area contributed by atoms with E-state index in [0.29, 0.717) is 12.1 Å². The van der Waals surface area contributed by atoms with E-state index in [-0.39, 0.29) is 18.5 Å². The Kier molecular flexibility index (Phi) is 6.36. The van der Waals surface area contributed by atoms with Gasteiger partial charge >= 0.3 is 0 Å². The Morgan fingerprint density at radius 1 is 1.14 bits per heavy atom. The third-order valence-electron chi connectivity index (χ3n) is 3.23. The van der Waals surface area contributed by atoms with Crippen molar-refractivity contribution in [1.82, 2.24) is 5.32 Å². The van der Waals surface area contributed by atoms with Gasteiger partial charge in [0.1, 0.15) is 5.82 Å². The van der Waals surface area contributed by atoms with Crippen LogP contribution in [0.2, 0.25) is 0 Å². The van der Waals surface area contributed by atoms with Crippen molar-refractivity contribution in [2.75, 3.05) is 13.1 Å². The molecule has 2 rings (SSSR count). The standard InChI is InChI=1S/C17H19BrFNO/c1-2-20-11-17(14-8-4-5-9-15(14)18)21-12-13-7-3-6-10-16(13)19/h3-10,17,20H,2,11-12H2,1H3. The maximum atomic E-state index is 13.7. The summed E-state index contributed by atoms with van der Waals surface area (Å²) in [6.07, 6.45) is -0.125. The van der Waals surface area contributed by atoms with E-state index in [1.54, 1.807) is 12.1 Å². The molecule has 0 amide bonds. The van der Waals surface area contributed by atoms with Crippen molar-refractivity contribution in [1.29, 1.82) is 0 Å². The molecule has 0 aliphatic carbocycles. The number of benzene rings is 2. The molecule has 1 atom stereocenters. The second-order valence-corrected chi connectivity index (χ2v) is 5.57. The highest BCUT2D eigenvalue weighted by atomic mass is 79.9. The largest absolute Gasteiger partial charge is 0.367 e. The van der Waals surface area contributed by atoms with Crippen molar-refractivity contribution < 1.29 is 9.13 Å². The number of halogens is 2. The van der Waals surface area contributed by atoms with E-state index in [1.165, 1.54) is 6.07 Å². The lowest BCUT2D eigenvalue weighted by molar-refractivity contribution is 0.0381. The van der Waals surface area contributed by atoms with Crippen LogP contribution in [-0.2, 0) is 11.3 Å². The van der Waals surface area contributed by atoms with Crippen LogP contribution in [0.15, 0.2) is 53.0 Å². The Bertz CT molecular complexity index is 576. The van der Waals surface area contributed by atoms with Gasteiger partial charge in [-0.15, -0.1) is 0 Å². The van der Waals surface area contributed by atoms with Crippen molar-refractivity contribution in [2.24, 2.45) is 0 Å². The number of hydrogen-bond acceptors (Lipinski definition) is 2. The fourth-order valence-electron chi connectivity index (χ4n) is 2.08. The molecule has 1 N–H and O–H groups in total. The molecular formula is C17H19BrFNO. The molecule has 21 heavy (non-hydrogen) atoms. The van der Waals surface area contributed by atoms with Gasteiger partial charge in [0, 0.05) is 16.6 Å². The normalized spacial score (nSPS) is 12.3. The van der Waals surface area contributed by atoms with Crippen molar-refractivity contribution in [2.45, 2.75) is 19.6 Å². The molecule has 0 bridgehead atoms. The molecule has 2 nitrogen and oxygen atoms in total. The topological polar surface area (TPSA) is 21.3 Å². The fraction of sp³-hybridized carbons (Fsp3) is 0.294. The zero-order valence-electron chi connectivity index (χ0n) is 12.0. The van der Waals surface area contributed by atoms with E-state index in [2.05, 4.69) is 21.2 Å². The van der Waals surface area contributed by atoms with Gasteiger partial charge in [-0.3, -0.25) is 0 Å². The highest BCUT2D eigenvalue weighted by Crippen LogP contribution is 2.26. The number of ether oxygens (including phenoxy) is 1. The zero-order valence-corrected chi connectivity index (χ0v) is 13.6. The van der Waals surface area contributed by atoms with Gasteiger partial charge in [0.2, 0.25) is 0 Å². The quantitative estimate of drug-likeness (QED) is 0.795. The predicted molar refractivity (Wildman–Crippen MR) is 86.6 cm³/mol. The molecule has 0 aliphatic rings. The van der Waals surface area contributed by atoms with Gasteiger partial charge in [0.05, 0.1) is 12.7 Å². The number of rotatable bonds is 7. The van der Waals surface area contributed by atoms with Crippen LogP contribution in [0.25, 0.3) is 0 Å². The number of likely N-dealkylation sites (N-methyl/N-ethyl adjacent to an activating group) is 1. The van der Waals surface area contributed by atoms with Crippen molar-refractivity contribution in [3.8, 4) is 0 Å². The first-order chi connectivity index (χ1) is 10.2. The van der Waals surface area contributed by atoms with Gasteiger partial charge in [-0.05, 0) is 24.2 Å². The van der Waals surface area contributed by atoms with E-state index in [1.807, 2.05) is 37.3 Å². The van der Waals surface area contributed by atoms with Crippen LogP contribution in [-0.4, -0.2) is 13.1 Å². The lowest BCUT2D eigenvalue weighted by Crippen LogP contribution is -2.23. The summed E-state index contributed by atoms with van der Waals surface area (Å²) in [7, 11) is 0. The Hall–Kier alpha value is -1.23. The van der Waals surface area contributed by atoms with E-state index in [0.717, 1.165) is 16.6 Å². The first-order valence-corrected chi connectivity index (χ1v) is 7.81. The summed E-state index contributed by atoms with van der Waals surface area (Å²) >= 11 is 3.55. The maximum absolute atomic E-state index is 13.7. The molecular weight excluding hydrogens is 333 g/mol. The molecule has 0 fully saturated rings. The summed E-state index contributed by atoms with van der Waals surface area (Å²) in [6.45, 7) is 3.86. The average Bonchev–Trinajstić information content (AvgIpc) is 2.50. The molecule has 112 valence electrons. The summed E-state index contributed by atoms with van der Waals surface area (Å²) < 4.78 is 20.6. The predicted octanol–water partition coefficient (Wildman–Crippen LogP) is 4.46. The molecule has 0 saturated heterocycles. The van der Waals surface area contributed by atoms with E-state index >= 15 is 0 Å². The van der Waals surface area contributed by atoms with Crippen LogP contribution in [0.1, 0.15) is 24.2 Å². The fourth-order valence-corrected chi connectivity index (χ4v) is 2.62. The Morgan fingerprint density at radius 3 is 2.57 bits per heavy atom. The first-order valence-electron chi connectivity index (χ1n) is 7.02. The van der Waals surface area contributed by atoms with Crippen LogP contribution >= 0.6 is 15.9 Å². The third-order valence-corrected chi connectivity index (χ3v) is 3.95. The van der Waals surface area contributed by atoms with Crippen molar-refractivity contribution in [3.63, 3.8) is 0 Å². The molecule has 4 heteroatoms. The Balaban J connectivity index is 2.10. The molecule has 2 aromatic rings. The zero-order chi connectivity index (χ0) is 15.1. The minimum absolute atomic E-state index is 0.125. The van der Waals surface area contributed by atoms with Gasteiger partial charge in [-0.25, -0.2) is 4.39 Å². The maximum Gasteiger partial charge on any atom is 0.128 e. The highest BCUT2D eigenvalue weighted by Gasteiger charge is 2.15. The van der Waals surface area contributed by atoms with Gasteiger partial charge in [-0.2, -0.15) is 0 Å². The Morgan fingerprint density at radius 2 is 1.86 bits per heavy atom. The second kappa shape index (κ2) is 8.27. The summed E-state index contributed by atoms with van der Waals surface area (Å²) in [5.41, 5.74) is 1.64. The first kappa shape index (κ1) is 16.1. The lowest BCUT2D eigenvalue weighted by atomic mass is 10.1. The SMILES string of the molecule is CCNCC(OCc1ccccc1F)c1ccccc1Br. The monoisotopic (exact) mass is 351 g/mol. The third kappa shape index (κ3) is 4.63. The highest BCUT2D eigenvalue weighted by molar-refractivity contribution is 9.10. The van der Waals surface area contributed by atoms with E-state index in [9.17, 15) is 4.39 Å². The molecule has 1 unspecified atom stereocenters. The summed E-state index contributed by atoms with van der Waals surface area (Å²) in [6, 6.07) is 14.7. The van der Waals surface area contributed by atoms with Crippen LogP contribution in [0.4, 0.5) is 4.39 Å². The molecule has 2 aromatic carbocycles.